The number of ether oxygens (including phenoxy) is 1. The Labute approximate surface area is 208 Å². The van der Waals surface area contributed by atoms with Gasteiger partial charge in [-0.2, -0.15) is 0 Å². The number of rotatable bonds is 7. The number of allylic oxidation sites excluding steroid dienone is 3. The lowest BCUT2D eigenvalue weighted by atomic mass is 9.95. The van der Waals surface area contributed by atoms with Crippen molar-refractivity contribution in [3.8, 4) is 0 Å². The fourth-order valence-corrected chi connectivity index (χ4v) is 5.95. The molecule has 3 N–H and O–H groups in total. The van der Waals surface area contributed by atoms with E-state index in [-0.39, 0.29) is 24.1 Å². The van der Waals surface area contributed by atoms with Crippen LogP contribution in [0.3, 0.4) is 0 Å². The lowest BCUT2D eigenvalue weighted by Gasteiger charge is -2.44. The zero-order valence-corrected chi connectivity index (χ0v) is 20.6. The van der Waals surface area contributed by atoms with E-state index in [0.29, 0.717) is 12.0 Å². The largest absolute Gasteiger partial charge is 0.456 e. The van der Waals surface area contributed by atoms with Gasteiger partial charge in [-0.25, -0.2) is 4.79 Å². The number of fused-ring (bicyclic) bond motifs is 1. The normalized spacial score (nSPS) is 25.3. The molecule has 182 valence electrons. The molecule has 10 heteroatoms. The van der Waals surface area contributed by atoms with E-state index >= 15 is 0 Å². The molecule has 1 aromatic carbocycles. The number of nitrogens with zero attached hydrogens (tertiary/aromatic N) is 1. The van der Waals surface area contributed by atoms with Crippen LogP contribution in [0.25, 0.3) is 0 Å². The number of benzene rings is 1. The SMILES string of the molecule is CC1(C)S[C@@H]2C(NC(=O)C(N)C3=CCC=CC3)C(=O)N2[C@H]1C(=O)OCC(=O)c1ccccc1.Cl. The van der Waals surface area contributed by atoms with E-state index in [2.05, 4.69) is 5.32 Å². The Bertz CT molecular complexity index is 1040. The molecule has 0 saturated carbocycles. The highest BCUT2D eigenvalue weighted by molar-refractivity contribution is 8.01. The maximum Gasteiger partial charge on any atom is 0.330 e. The van der Waals surface area contributed by atoms with Gasteiger partial charge in [0.1, 0.15) is 23.5 Å². The van der Waals surface area contributed by atoms with E-state index in [0.717, 1.165) is 12.0 Å². The van der Waals surface area contributed by atoms with Crippen LogP contribution in [-0.2, 0) is 19.1 Å². The molecule has 1 aromatic rings. The van der Waals surface area contributed by atoms with Crippen molar-refractivity contribution in [1.29, 1.82) is 0 Å². The van der Waals surface area contributed by atoms with Gasteiger partial charge in [0.25, 0.3) is 0 Å². The van der Waals surface area contributed by atoms with Crippen LogP contribution in [0.5, 0.6) is 0 Å². The number of carbonyl (C=O) groups excluding carboxylic acids is 4. The summed E-state index contributed by atoms with van der Waals surface area (Å²) in [7, 11) is 0. The maximum absolute atomic E-state index is 12.9. The third-order valence-corrected chi connectivity index (χ3v) is 7.69. The molecule has 4 atom stereocenters. The lowest BCUT2D eigenvalue weighted by molar-refractivity contribution is -0.163. The van der Waals surface area contributed by atoms with Gasteiger partial charge in [-0.1, -0.05) is 48.6 Å². The topological polar surface area (TPSA) is 119 Å². The summed E-state index contributed by atoms with van der Waals surface area (Å²) in [4.78, 5) is 52.2. The van der Waals surface area contributed by atoms with E-state index in [9.17, 15) is 19.2 Å². The molecule has 2 heterocycles. The first-order chi connectivity index (χ1) is 15.7. The van der Waals surface area contributed by atoms with Crippen LogP contribution in [0.1, 0.15) is 37.0 Å². The second-order valence-corrected chi connectivity index (χ2v) is 10.6. The summed E-state index contributed by atoms with van der Waals surface area (Å²) in [5.74, 6) is -1.71. The maximum atomic E-state index is 12.9. The first-order valence-electron chi connectivity index (χ1n) is 10.9. The Balaban J connectivity index is 0.00000324. The average molecular weight is 506 g/mol. The van der Waals surface area contributed by atoms with E-state index in [1.54, 1.807) is 30.3 Å². The zero-order valence-electron chi connectivity index (χ0n) is 18.9. The zero-order chi connectivity index (χ0) is 23.8. The first kappa shape index (κ1) is 26.0. The molecule has 8 nitrogen and oxygen atoms in total. The number of hydrogen-bond acceptors (Lipinski definition) is 7. The van der Waals surface area contributed by atoms with Crippen LogP contribution in [-0.4, -0.2) is 63.3 Å². The van der Waals surface area contributed by atoms with Crippen molar-refractivity contribution in [2.45, 2.75) is 54.9 Å². The molecular weight excluding hydrogens is 478 g/mol. The number of carbonyl (C=O) groups is 4. The molecule has 0 spiro atoms. The third-order valence-electron chi connectivity index (χ3n) is 6.12. The van der Waals surface area contributed by atoms with Crippen molar-refractivity contribution in [2.75, 3.05) is 6.61 Å². The van der Waals surface area contributed by atoms with Crippen LogP contribution in [0.2, 0.25) is 0 Å². The van der Waals surface area contributed by atoms with Gasteiger partial charge in [0, 0.05) is 10.3 Å². The van der Waals surface area contributed by atoms with Crippen LogP contribution in [0.4, 0.5) is 0 Å². The molecule has 34 heavy (non-hydrogen) atoms. The summed E-state index contributed by atoms with van der Waals surface area (Å²) < 4.78 is 4.65. The van der Waals surface area contributed by atoms with Gasteiger partial charge >= 0.3 is 5.97 Å². The highest BCUT2D eigenvalue weighted by atomic mass is 35.5. The Hall–Kier alpha value is -2.62. The number of ketones is 1. The van der Waals surface area contributed by atoms with Crippen molar-refractivity contribution in [2.24, 2.45) is 5.73 Å². The number of β-lactam (4-membered cyclic amide) rings is 1. The molecule has 0 bridgehead atoms. The summed E-state index contributed by atoms with van der Waals surface area (Å²) in [6.07, 6.45) is 7.24. The third kappa shape index (κ3) is 4.92. The Morgan fingerprint density at radius 2 is 1.94 bits per heavy atom. The van der Waals surface area contributed by atoms with Gasteiger partial charge in [0.2, 0.25) is 11.8 Å². The number of hydrogen-bond donors (Lipinski definition) is 2. The van der Waals surface area contributed by atoms with Crippen LogP contribution >= 0.6 is 24.2 Å². The minimum atomic E-state index is -0.850. The molecule has 1 aliphatic carbocycles. The van der Waals surface area contributed by atoms with Crippen LogP contribution < -0.4 is 11.1 Å². The number of amides is 2. The van der Waals surface area contributed by atoms with E-state index < -0.39 is 46.7 Å². The van der Waals surface area contributed by atoms with Crippen LogP contribution in [0, 0.1) is 0 Å². The number of nitrogens with two attached hydrogens (primary N) is 1. The summed E-state index contributed by atoms with van der Waals surface area (Å²) in [6.45, 7) is 3.29. The van der Waals surface area contributed by atoms with Crippen LogP contribution in [0.15, 0.2) is 54.1 Å². The summed E-state index contributed by atoms with van der Waals surface area (Å²) in [6, 6.07) is 6.14. The molecule has 2 saturated heterocycles. The number of nitrogens with one attached hydrogen (secondary N) is 1. The fourth-order valence-electron chi connectivity index (χ4n) is 4.33. The number of Topliss-reactive ketones (excluding diaryl/α,β-unsaturated/α-hetero) is 1. The highest BCUT2D eigenvalue weighted by Gasteiger charge is 2.64. The van der Waals surface area contributed by atoms with Crippen molar-refractivity contribution < 1.29 is 23.9 Å². The fraction of sp³-hybridized carbons (Fsp3) is 0.417. The van der Waals surface area contributed by atoms with Gasteiger partial charge < -0.3 is 20.7 Å². The standard InChI is InChI=1S/C24H27N3O5S.ClH/c1-24(2)19(23(31)32-13-16(28)14-9-5-3-6-10-14)27-21(30)18(22(27)33-24)26-20(29)17(25)15-11-7-4-8-12-15;/h3-7,9-10,12,17-19,22H,8,11,13,25H2,1-2H3,(H,26,29);1H/t17?,18?,19-,22+;/m0./s1. The predicted molar refractivity (Wildman–Crippen MR) is 131 cm³/mol. The minimum absolute atomic E-state index is 0. The van der Waals surface area contributed by atoms with Gasteiger partial charge in [-0.3, -0.25) is 14.4 Å². The summed E-state index contributed by atoms with van der Waals surface area (Å²) >= 11 is 1.42. The second-order valence-electron chi connectivity index (χ2n) is 8.81. The van der Waals surface area contributed by atoms with Gasteiger partial charge in [0.15, 0.2) is 12.4 Å². The van der Waals surface area contributed by atoms with Gasteiger partial charge in [-0.05, 0) is 32.3 Å². The van der Waals surface area contributed by atoms with Crippen molar-refractivity contribution in [3.05, 3.63) is 59.7 Å². The highest BCUT2D eigenvalue weighted by Crippen LogP contribution is 2.51. The predicted octanol–water partition coefficient (Wildman–Crippen LogP) is 1.99. The molecule has 0 aromatic heterocycles. The van der Waals surface area contributed by atoms with Gasteiger partial charge in [-0.15, -0.1) is 24.2 Å². The van der Waals surface area contributed by atoms with Crippen molar-refractivity contribution >= 4 is 47.7 Å². The number of halogens is 1. The Morgan fingerprint density at radius 3 is 2.59 bits per heavy atom. The van der Waals surface area contributed by atoms with E-state index in [1.165, 1.54) is 16.7 Å². The van der Waals surface area contributed by atoms with Gasteiger partial charge in [0.05, 0.1) is 0 Å². The lowest BCUT2D eigenvalue weighted by Crippen LogP contribution is -2.71. The molecule has 0 radical (unpaired) electrons. The minimum Gasteiger partial charge on any atom is -0.456 e. The molecule has 2 aliphatic heterocycles. The Kier molecular flexibility index (Phi) is 7.90. The average Bonchev–Trinajstić information content (AvgIpc) is 3.08. The molecule has 4 rings (SSSR count). The summed E-state index contributed by atoms with van der Waals surface area (Å²) in [5.41, 5.74) is 7.37. The molecule has 2 fully saturated rings. The second kappa shape index (κ2) is 10.3. The molecule has 2 unspecified atom stereocenters. The van der Waals surface area contributed by atoms with E-state index in [1.807, 2.05) is 32.1 Å². The van der Waals surface area contributed by atoms with Crippen molar-refractivity contribution in [1.82, 2.24) is 10.2 Å². The monoisotopic (exact) mass is 505 g/mol. The first-order valence-corrected chi connectivity index (χ1v) is 11.7. The molecule has 2 amide bonds. The smallest absolute Gasteiger partial charge is 0.330 e. The Morgan fingerprint density at radius 1 is 1.24 bits per heavy atom. The van der Waals surface area contributed by atoms with Crippen molar-refractivity contribution in [3.63, 3.8) is 0 Å². The number of thioether (sulfide) groups is 1. The summed E-state index contributed by atoms with van der Waals surface area (Å²) in [5, 5.41) is 2.36. The van der Waals surface area contributed by atoms with E-state index in [4.69, 9.17) is 10.5 Å². The molecular formula is C24H28ClN3O5S. The quantitative estimate of drug-likeness (QED) is 0.252. The molecule has 3 aliphatic rings. The number of esters is 1.